The Balaban J connectivity index is 1.80. The molecule has 0 radical (unpaired) electrons. The zero-order chi connectivity index (χ0) is 18.1. The van der Waals surface area contributed by atoms with Crippen molar-refractivity contribution in [3.63, 3.8) is 0 Å². The van der Waals surface area contributed by atoms with E-state index in [4.69, 9.17) is 21.1 Å². The highest BCUT2D eigenvalue weighted by atomic mass is 35.5. The number of carbonyl (C=O) groups excluding carboxylic acids is 2. The van der Waals surface area contributed by atoms with Gasteiger partial charge in [0, 0.05) is 11.4 Å². The number of hydrogen-bond acceptors (Lipinski definition) is 4. The molecule has 0 saturated carbocycles. The van der Waals surface area contributed by atoms with Gasteiger partial charge in [-0.15, -0.1) is 0 Å². The van der Waals surface area contributed by atoms with Gasteiger partial charge in [-0.05, 0) is 49.7 Å². The molecule has 0 unspecified atom stereocenters. The van der Waals surface area contributed by atoms with Gasteiger partial charge in [0.05, 0.1) is 24.5 Å². The van der Waals surface area contributed by atoms with Crippen molar-refractivity contribution in [2.45, 2.75) is 19.8 Å². The SMILES string of the molecule is CCOC(=O)c1ccccc1NC(=O)CCCOc1ccc(Cl)cc1. The summed E-state index contributed by atoms with van der Waals surface area (Å²) in [5.41, 5.74) is 0.791. The Labute approximate surface area is 151 Å². The summed E-state index contributed by atoms with van der Waals surface area (Å²) < 4.78 is 10.5. The van der Waals surface area contributed by atoms with Crippen molar-refractivity contribution in [1.82, 2.24) is 0 Å². The molecule has 2 aromatic rings. The summed E-state index contributed by atoms with van der Waals surface area (Å²) in [4.78, 5) is 24.0. The molecule has 132 valence electrons. The third-order valence-electron chi connectivity index (χ3n) is 3.33. The Morgan fingerprint density at radius 1 is 1.08 bits per heavy atom. The zero-order valence-corrected chi connectivity index (χ0v) is 14.7. The molecule has 0 spiro atoms. The third-order valence-corrected chi connectivity index (χ3v) is 3.58. The predicted octanol–water partition coefficient (Wildman–Crippen LogP) is 4.31. The highest BCUT2D eigenvalue weighted by molar-refractivity contribution is 6.30. The maximum atomic E-state index is 12.1. The molecule has 2 rings (SSSR count). The van der Waals surface area contributed by atoms with E-state index in [1.165, 1.54) is 0 Å². The lowest BCUT2D eigenvalue weighted by molar-refractivity contribution is -0.116. The second-order valence-electron chi connectivity index (χ2n) is 5.22. The molecule has 0 bridgehead atoms. The molecule has 6 heteroatoms. The highest BCUT2D eigenvalue weighted by Gasteiger charge is 2.13. The minimum absolute atomic E-state index is 0.184. The number of anilines is 1. The lowest BCUT2D eigenvalue weighted by atomic mass is 10.1. The molecule has 0 fully saturated rings. The van der Waals surface area contributed by atoms with E-state index in [0.29, 0.717) is 35.1 Å². The predicted molar refractivity (Wildman–Crippen MR) is 97.2 cm³/mol. The molecule has 0 aliphatic carbocycles. The molecule has 2 aromatic carbocycles. The van der Waals surface area contributed by atoms with Crippen molar-refractivity contribution < 1.29 is 19.1 Å². The molecule has 0 aliphatic rings. The summed E-state index contributed by atoms with van der Waals surface area (Å²) in [5, 5.41) is 3.39. The van der Waals surface area contributed by atoms with Gasteiger partial charge in [0.1, 0.15) is 5.75 Å². The van der Waals surface area contributed by atoms with E-state index >= 15 is 0 Å². The van der Waals surface area contributed by atoms with Gasteiger partial charge in [-0.3, -0.25) is 4.79 Å². The lowest BCUT2D eigenvalue weighted by Crippen LogP contribution is -2.16. The number of amides is 1. The molecule has 0 aliphatic heterocycles. The molecular weight excluding hydrogens is 342 g/mol. The van der Waals surface area contributed by atoms with Crippen LogP contribution in [0.15, 0.2) is 48.5 Å². The molecule has 0 atom stereocenters. The van der Waals surface area contributed by atoms with Crippen molar-refractivity contribution in [2.75, 3.05) is 18.5 Å². The largest absolute Gasteiger partial charge is 0.494 e. The van der Waals surface area contributed by atoms with E-state index in [9.17, 15) is 9.59 Å². The van der Waals surface area contributed by atoms with Gasteiger partial charge in [-0.1, -0.05) is 23.7 Å². The molecule has 5 nitrogen and oxygen atoms in total. The van der Waals surface area contributed by atoms with Crippen molar-refractivity contribution in [2.24, 2.45) is 0 Å². The van der Waals surface area contributed by atoms with Crippen molar-refractivity contribution in [3.8, 4) is 5.75 Å². The normalized spacial score (nSPS) is 10.2. The number of ether oxygens (including phenoxy) is 2. The van der Waals surface area contributed by atoms with Crippen LogP contribution in [0.5, 0.6) is 5.75 Å². The average Bonchev–Trinajstić information content (AvgIpc) is 2.61. The third kappa shape index (κ3) is 6.12. The van der Waals surface area contributed by atoms with Crippen molar-refractivity contribution in [3.05, 3.63) is 59.1 Å². The summed E-state index contributed by atoms with van der Waals surface area (Å²) in [5.74, 6) is 0.0680. The van der Waals surface area contributed by atoms with Crippen LogP contribution >= 0.6 is 11.6 Å². The van der Waals surface area contributed by atoms with Crippen LogP contribution in [-0.2, 0) is 9.53 Å². The fourth-order valence-electron chi connectivity index (χ4n) is 2.15. The fraction of sp³-hybridized carbons (Fsp3) is 0.263. The number of benzene rings is 2. The zero-order valence-electron chi connectivity index (χ0n) is 14.0. The minimum atomic E-state index is -0.454. The molecule has 1 N–H and O–H groups in total. The maximum absolute atomic E-state index is 12.1. The summed E-state index contributed by atoms with van der Waals surface area (Å²) in [6.07, 6.45) is 0.834. The van der Waals surface area contributed by atoms with E-state index in [0.717, 1.165) is 0 Å². The Morgan fingerprint density at radius 2 is 1.80 bits per heavy atom. The topological polar surface area (TPSA) is 64.6 Å². The number of hydrogen-bond donors (Lipinski definition) is 1. The number of carbonyl (C=O) groups is 2. The van der Waals surface area contributed by atoms with E-state index in [-0.39, 0.29) is 18.9 Å². The van der Waals surface area contributed by atoms with Crippen LogP contribution in [0, 0.1) is 0 Å². The van der Waals surface area contributed by atoms with Gasteiger partial charge < -0.3 is 14.8 Å². The van der Waals surface area contributed by atoms with Gasteiger partial charge in [0.25, 0.3) is 0 Å². The van der Waals surface area contributed by atoms with E-state index in [1.807, 2.05) is 0 Å². The summed E-state index contributed by atoms with van der Waals surface area (Å²) >= 11 is 5.80. The first kappa shape index (κ1) is 18.8. The lowest BCUT2D eigenvalue weighted by Gasteiger charge is -2.10. The first-order valence-corrected chi connectivity index (χ1v) is 8.42. The molecule has 1 amide bonds. The summed E-state index contributed by atoms with van der Waals surface area (Å²) in [6.45, 7) is 2.43. The molecule has 0 saturated heterocycles. The monoisotopic (exact) mass is 361 g/mol. The van der Waals surface area contributed by atoms with Gasteiger partial charge >= 0.3 is 5.97 Å². The van der Waals surface area contributed by atoms with Gasteiger partial charge in [-0.2, -0.15) is 0 Å². The average molecular weight is 362 g/mol. The van der Waals surface area contributed by atoms with Crippen LogP contribution in [0.25, 0.3) is 0 Å². The van der Waals surface area contributed by atoms with Crippen LogP contribution in [0.3, 0.4) is 0 Å². The molecular formula is C19H20ClNO4. The van der Waals surface area contributed by atoms with Gasteiger partial charge in [-0.25, -0.2) is 4.79 Å². The number of para-hydroxylation sites is 1. The second kappa shape index (κ2) is 9.69. The van der Waals surface area contributed by atoms with Crippen LogP contribution in [-0.4, -0.2) is 25.1 Å². The van der Waals surface area contributed by atoms with Gasteiger partial charge in [0.2, 0.25) is 5.91 Å². The Kier molecular flexibility index (Phi) is 7.29. The summed E-state index contributed by atoms with van der Waals surface area (Å²) in [7, 11) is 0. The first-order valence-electron chi connectivity index (χ1n) is 8.04. The number of nitrogens with one attached hydrogen (secondary N) is 1. The summed E-state index contributed by atoms with van der Waals surface area (Å²) in [6, 6.07) is 13.8. The fourth-order valence-corrected chi connectivity index (χ4v) is 2.27. The molecule has 0 heterocycles. The molecule has 0 aromatic heterocycles. The maximum Gasteiger partial charge on any atom is 0.340 e. The number of rotatable bonds is 8. The standard InChI is InChI=1S/C19H20ClNO4/c1-2-24-19(23)16-6-3-4-7-17(16)21-18(22)8-5-13-25-15-11-9-14(20)10-12-15/h3-4,6-7,9-12H,2,5,8,13H2,1H3,(H,21,22). The Hall–Kier alpha value is -2.53. The van der Waals surface area contributed by atoms with Crippen molar-refractivity contribution in [1.29, 1.82) is 0 Å². The minimum Gasteiger partial charge on any atom is -0.494 e. The quantitative estimate of drug-likeness (QED) is 0.562. The van der Waals surface area contributed by atoms with Crippen LogP contribution in [0.2, 0.25) is 5.02 Å². The van der Waals surface area contributed by atoms with Crippen LogP contribution in [0.4, 0.5) is 5.69 Å². The van der Waals surface area contributed by atoms with Crippen LogP contribution in [0.1, 0.15) is 30.1 Å². The Bertz CT molecular complexity index is 716. The first-order chi connectivity index (χ1) is 12.1. The smallest absolute Gasteiger partial charge is 0.340 e. The van der Waals surface area contributed by atoms with E-state index in [2.05, 4.69) is 5.32 Å². The molecule has 25 heavy (non-hydrogen) atoms. The number of halogens is 1. The number of esters is 1. The van der Waals surface area contributed by atoms with E-state index < -0.39 is 5.97 Å². The van der Waals surface area contributed by atoms with Crippen molar-refractivity contribution >= 4 is 29.2 Å². The Morgan fingerprint density at radius 3 is 2.52 bits per heavy atom. The van der Waals surface area contributed by atoms with Crippen LogP contribution < -0.4 is 10.1 Å². The van der Waals surface area contributed by atoms with Gasteiger partial charge in [0.15, 0.2) is 0 Å². The van der Waals surface area contributed by atoms with E-state index in [1.54, 1.807) is 55.5 Å². The highest BCUT2D eigenvalue weighted by Crippen LogP contribution is 2.18. The second-order valence-corrected chi connectivity index (χ2v) is 5.66.